The van der Waals surface area contributed by atoms with Gasteiger partial charge in [-0.2, -0.15) is 13.2 Å². The maximum Gasteiger partial charge on any atom is 0.416 e. The molecule has 2 aromatic rings. The number of ether oxygens (including phenoxy) is 1. The average Bonchev–Trinajstić information content (AvgIpc) is 2.68. The highest BCUT2D eigenvalue weighted by Gasteiger charge is 2.31. The van der Waals surface area contributed by atoms with Gasteiger partial charge in [-0.25, -0.2) is 0 Å². The Bertz CT molecular complexity index is 942. The Hall–Kier alpha value is -2.88. The molecule has 3 N–H and O–H groups in total. The normalized spacial score (nSPS) is 19.3. The first-order valence-electron chi connectivity index (χ1n) is 10.00. The van der Waals surface area contributed by atoms with E-state index in [2.05, 4.69) is 20.8 Å². The first kappa shape index (κ1) is 22.8. The quantitative estimate of drug-likeness (QED) is 0.613. The molecule has 1 aromatic heterocycles. The van der Waals surface area contributed by atoms with Crippen molar-refractivity contribution in [2.75, 3.05) is 11.9 Å². The van der Waals surface area contributed by atoms with E-state index in [1.807, 2.05) is 0 Å². The second-order valence-electron chi connectivity index (χ2n) is 7.86. The minimum atomic E-state index is -4.54. The SMILES string of the molecule is Cc1cc(N[C@@H]2CC[C@@H](C(=O)OC(C)C)NC2)nnc1-c1ccc(C(F)(F)F)cc1O. The molecule has 1 aromatic carbocycles. The fourth-order valence-electron chi connectivity index (χ4n) is 3.43. The van der Waals surface area contributed by atoms with Gasteiger partial charge in [0.15, 0.2) is 0 Å². The van der Waals surface area contributed by atoms with Gasteiger partial charge < -0.3 is 20.5 Å². The van der Waals surface area contributed by atoms with E-state index in [0.29, 0.717) is 36.1 Å². The van der Waals surface area contributed by atoms with Crippen LogP contribution in [0.15, 0.2) is 24.3 Å². The molecule has 2 heterocycles. The summed E-state index contributed by atoms with van der Waals surface area (Å²) in [6.45, 7) is 5.89. The van der Waals surface area contributed by atoms with Gasteiger partial charge in [0, 0.05) is 18.2 Å². The number of anilines is 1. The molecule has 0 amide bonds. The van der Waals surface area contributed by atoms with Crippen molar-refractivity contribution in [3.8, 4) is 17.0 Å². The molecule has 0 aliphatic carbocycles. The number of nitrogens with zero attached hydrogens (tertiary/aromatic N) is 2. The number of rotatable bonds is 5. The van der Waals surface area contributed by atoms with Crippen LogP contribution in [-0.2, 0) is 15.7 Å². The van der Waals surface area contributed by atoms with Gasteiger partial charge in [0.1, 0.15) is 17.6 Å². The summed E-state index contributed by atoms with van der Waals surface area (Å²) in [7, 11) is 0. The summed E-state index contributed by atoms with van der Waals surface area (Å²) >= 11 is 0. The largest absolute Gasteiger partial charge is 0.507 e. The minimum Gasteiger partial charge on any atom is -0.507 e. The van der Waals surface area contributed by atoms with Gasteiger partial charge in [-0.05, 0) is 63.4 Å². The van der Waals surface area contributed by atoms with Crippen LogP contribution in [0.5, 0.6) is 5.75 Å². The fourth-order valence-corrected chi connectivity index (χ4v) is 3.43. The number of hydrogen-bond acceptors (Lipinski definition) is 7. The Morgan fingerprint density at radius 2 is 2.00 bits per heavy atom. The van der Waals surface area contributed by atoms with Gasteiger partial charge in [0.05, 0.1) is 17.4 Å². The van der Waals surface area contributed by atoms with E-state index < -0.39 is 17.5 Å². The van der Waals surface area contributed by atoms with Crippen LogP contribution < -0.4 is 10.6 Å². The lowest BCUT2D eigenvalue weighted by molar-refractivity contribution is -0.150. The summed E-state index contributed by atoms with van der Waals surface area (Å²) in [4.78, 5) is 12.0. The number of aromatic hydroxyl groups is 1. The smallest absolute Gasteiger partial charge is 0.416 e. The fraction of sp³-hybridized carbons (Fsp3) is 0.476. The maximum atomic E-state index is 12.8. The number of carbonyl (C=O) groups is 1. The summed E-state index contributed by atoms with van der Waals surface area (Å²) in [6, 6.07) is 4.18. The standard InChI is InChI=1S/C21H25F3N4O3/c1-11(2)31-20(30)16-7-5-14(10-25-16)26-18-8-12(3)19(28-27-18)15-6-4-13(9-17(15)29)21(22,23)24/h4,6,8-9,11,14,16,25,29H,5,7,10H2,1-3H3,(H,26,27)/t14-,16+/m1/s1. The Morgan fingerprint density at radius 3 is 2.55 bits per heavy atom. The van der Waals surface area contributed by atoms with Crippen molar-refractivity contribution < 1.29 is 27.8 Å². The predicted octanol–water partition coefficient (Wildman–Crippen LogP) is 3.66. The van der Waals surface area contributed by atoms with E-state index in [9.17, 15) is 23.1 Å². The lowest BCUT2D eigenvalue weighted by Gasteiger charge is -2.29. The van der Waals surface area contributed by atoms with Crippen molar-refractivity contribution >= 4 is 11.8 Å². The number of phenolic OH excluding ortho intramolecular Hbond substituents is 1. The zero-order valence-corrected chi connectivity index (χ0v) is 17.5. The molecule has 7 nitrogen and oxygen atoms in total. The van der Waals surface area contributed by atoms with Crippen LogP contribution in [0.4, 0.5) is 19.0 Å². The van der Waals surface area contributed by atoms with E-state index in [4.69, 9.17) is 4.74 Å². The van der Waals surface area contributed by atoms with Crippen LogP contribution >= 0.6 is 0 Å². The molecule has 31 heavy (non-hydrogen) atoms. The number of phenols is 1. The molecular weight excluding hydrogens is 413 g/mol. The van der Waals surface area contributed by atoms with Crippen LogP contribution in [0.1, 0.15) is 37.8 Å². The number of esters is 1. The monoisotopic (exact) mass is 438 g/mol. The summed E-state index contributed by atoms with van der Waals surface area (Å²) in [5.41, 5.74) is 0.193. The van der Waals surface area contributed by atoms with Crippen LogP contribution in [0.25, 0.3) is 11.3 Å². The molecule has 0 unspecified atom stereocenters. The zero-order chi connectivity index (χ0) is 22.8. The van der Waals surface area contributed by atoms with Crippen molar-refractivity contribution in [1.82, 2.24) is 15.5 Å². The van der Waals surface area contributed by atoms with E-state index in [1.165, 1.54) is 6.07 Å². The Kier molecular flexibility index (Phi) is 6.68. The highest BCUT2D eigenvalue weighted by molar-refractivity contribution is 5.76. The van der Waals surface area contributed by atoms with Gasteiger partial charge >= 0.3 is 12.1 Å². The molecule has 0 bridgehead atoms. The molecule has 0 saturated carbocycles. The van der Waals surface area contributed by atoms with Gasteiger partial charge in [-0.15, -0.1) is 10.2 Å². The highest BCUT2D eigenvalue weighted by Crippen LogP contribution is 2.36. The molecule has 0 spiro atoms. The molecule has 10 heteroatoms. The van der Waals surface area contributed by atoms with E-state index in [-0.39, 0.29) is 29.7 Å². The number of alkyl halides is 3. The third kappa shape index (κ3) is 5.63. The molecular formula is C21H25F3N4O3. The van der Waals surface area contributed by atoms with Gasteiger partial charge in [0.2, 0.25) is 0 Å². The first-order valence-corrected chi connectivity index (χ1v) is 10.00. The van der Waals surface area contributed by atoms with Gasteiger partial charge in [0.25, 0.3) is 0 Å². The summed E-state index contributed by atoms with van der Waals surface area (Å²) < 4.78 is 43.6. The summed E-state index contributed by atoms with van der Waals surface area (Å²) in [5, 5.41) is 24.7. The molecule has 168 valence electrons. The number of hydrogen-bond donors (Lipinski definition) is 3. The molecule has 3 rings (SSSR count). The number of aromatic nitrogens is 2. The Labute approximate surface area is 178 Å². The second kappa shape index (κ2) is 9.09. The molecule has 1 aliphatic rings. The number of halogens is 3. The molecule has 2 atom stereocenters. The maximum absolute atomic E-state index is 12.8. The summed E-state index contributed by atoms with van der Waals surface area (Å²) in [6.07, 6.45) is -3.35. The number of benzene rings is 1. The van der Waals surface area contributed by atoms with E-state index in [1.54, 1.807) is 26.8 Å². The lowest BCUT2D eigenvalue weighted by Crippen LogP contribution is -2.49. The van der Waals surface area contributed by atoms with Crippen LogP contribution in [0, 0.1) is 6.92 Å². The second-order valence-corrected chi connectivity index (χ2v) is 7.86. The number of nitrogens with one attached hydrogen (secondary N) is 2. The zero-order valence-electron chi connectivity index (χ0n) is 17.5. The third-order valence-electron chi connectivity index (χ3n) is 4.97. The van der Waals surface area contributed by atoms with E-state index in [0.717, 1.165) is 12.5 Å². The number of carbonyl (C=O) groups excluding carboxylic acids is 1. The number of aryl methyl sites for hydroxylation is 1. The minimum absolute atomic E-state index is 0.0297. The van der Waals surface area contributed by atoms with Crippen molar-refractivity contribution in [3.63, 3.8) is 0 Å². The van der Waals surface area contributed by atoms with Crippen LogP contribution in [0.3, 0.4) is 0 Å². The molecule has 0 radical (unpaired) electrons. The highest BCUT2D eigenvalue weighted by atomic mass is 19.4. The van der Waals surface area contributed by atoms with Gasteiger partial charge in [-0.1, -0.05) is 0 Å². The first-order chi connectivity index (χ1) is 14.5. The molecule has 1 aliphatic heterocycles. The number of piperidine rings is 1. The van der Waals surface area contributed by atoms with Gasteiger partial charge in [-0.3, -0.25) is 4.79 Å². The van der Waals surface area contributed by atoms with E-state index >= 15 is 0 Å². The molecule has 1 saturated heterocycles. The average molecular weight is 438 g/mol. The van der Waals surface area contributed by atoms with Crippen molar-refractivity contribution in [3.05, 3.63) is 35.4 Å². The Morgan fingerprint density at radius 1 is 1.26 bits per heavy atom. The lowest BCUT2D eigenvalue weighted by atomic mass is 10.0. The van der Waals surface area contributed by atoms with Crippen molar-refractivity contribution in [2.24, 2.45) is 0 Å². The van der Waals surface area contributed by atoms with Crippen LogP contribution in [0.2, 0.25) is 0 Å². The van der Waals surface area contributed by atoms with Crippen molar-refractivity contribution in [1.29, 1.82) is 0 Å². The topological polar surface area (TPSA) is 96.4 Å². The summed E-state index contributed by atoms with van der Waals surface area (Å²) in [5.74, 6) is -0.267. The van der Waals surface area contributed by atoms with Crippen molar-refractivity contribution in [2.45, 2.75) is 58.0 Å². The predicted molar refractivity (Wildman–Crippen MR) is 109 cm³/mol. The Balaban J connectivity index is 1.65. The third-order valence-corrected chi connectivity index (χ3v) is 4.97. The molecule has 1 fully saturated rings. The van der Waals surface area contributed by atoms with Crippen LogP contribution in [-0.4, -0.2) is 46.0 Å².